The van der Waals surface area contributed by atoms with E-state index in [1.807, 2.05) is 0 Å². The van der Waals surface area contributed by atoms with E-state index in [-0.39, 0.29) is 0 Å². The summed E-state index contributed by atoms with van der Waals surface area (Å²) in [5.41, 5.74) is 0. The van der Waals surface area contributed by atoms with E-state index in [0.29, 0.717) is 13.1 Å². The molecule has 5 nitrogen and oxygen atoms in total. The predicted octanol–water partition coefficient (Wildman–Crippen LogP) is -1.45. The van der Waals surface area contributed by atoms with Gasteiger partial charge in [0.2, 0.25) is 0 Å². The molecule has 0 radical (unpaired) electrons. The van der Waals surface area contributed by atoms with Gasteiger partial charge in [-0.1, -0.05) is 0 Å². The maximum absolute atomic E-state index is 11.4. The Morgan fingerprint density at radius 3 is 2.77 bits per heavy atom. The van der Waals surface area contributed by atoms with Gasteiger partial charge in [-0.25, -0.2) is 0 Å². The maximum atomic E-state index is 11.4. The van der Waals surface area contributed by atoms with Gasteiger partial charge in [-0.2, -0.15) is 0 Å². The molecule has 5 heteroatoms. The predicted molar refractivity (Wildman–Crippen MR) is 48.1 cm³/mol. The summed E-state index contributed by atoms with van der Waals surface area (Å²) in [5, 5.41) is 5.50. The molecule has 1 aliphatic heterocycles. The molecular formula is C8H15N3O2. The van der Waals surface area contributed by atoms with Crippen molar-refractivity contribution in [1.29, 1.82) is 0 Å². The lowest BCUT2D eigenvalue weighted by Gasteiger charge is -2.18. The average Bonchev–Trinajstić information content (AvgIpc) is 2.43. The third kappa shape index (κ3) is 2.69. The molecule has 1 saturated heterocycles. The number of carbonyl (C=O) groups excluding carboxylic acids is 2. The molecule has 0 aliphatic carbocycles. The van der Waals surface area contributed by atoms with Crippen LogP contribution in [0.3, 0.4) is 0 Å². The number of likely N-dealkylation sites (N-methyl/N-ethyl adjacent to an activating group) is 1. The first-order valence-electron chi connectivity index (χ1n) is 4.47. The van der Waals surface area contributed by atoms with Crippen molar-refractivity contribution in [2.45, 2.75) is 6.42 Å². The molecular weight excluding hydrogens is 170 g/mol. The van der Waals surface area contributed by atoms with Crippen molar-refractivity contribution in [3.8, 4) is 0 Å². The van der Waals surface area contributed by atoms with Crippen LogP contribution >= 0.6 is 0 Å². The second kappa shape index (κ2) is 4.81. The minimum atomic E-state index is -0.526. The number of hydrogen-bond acceptors (Lipinski definition) is 3. The minimum absolute atomic E-state index is 0.425. The number of hydrogen-bond donors (Lipinski definition) is 2. The highest BCUT2D eigenvalue weighted by Crippen LogP contribution is 1.95. The van der Waals surface area contributed by atoms with E-state index < -0.39 is 11.8 Å². The van der Waals surface area contributed by atoms with Crippen LogP contribution in [-0.2, 0) is 9.59 Å². The molecule has 1 aliphatic rings. The number of amides is 2. The van der Waals surface area contributed by atoms with Crippen molar-refractivity contribution in [3.05, 3.63) is 0 Å². The first kappa shape index (κ1) is 9.98. The first-order valence-corrected chi connectivity index (χ1v) is 4.47. The Morgan fingerprint density at radius 2 is 2.08 bits per heavy atom. The molecule has 0 spiro atoms. The van der Waals surface area contributed by atoms with Crippen LogP contribution in [-0.4, -0.2) is 49.9 Å². The van der Waals surface area contributed by atoms with Crippen LogP contribution in [0.1, 0.15) is 6.42 Å². The van der Waals surface area contributed by atoms with Crippen LogP contribution in [0.2, 0.25) is 0 Å². The fourth-order valence-electron chi connectivity index (χ4n) is 1.30. The Kier molecular flexibility index (Phi) is 3.70. The quantitative estimate of drug-likeness (QED) is 0.454. The van der Waals surface area contributed by atoms with Crippen LogP contribution in [0.4, 0.5) is 0 Å². The van der Waals surface area contributed by atoms with Crippen molar-refractivity contribution in [3.63, 3.8) is 0 Å². The van der Waals surface area contributed by atoms with Crippen molar-refractivity contribution in [2.75, 3.05) is 33.2 Å². The second-order valence-electron chi connectivity index (χ2n) is 2.97. The Hall–Kier alpha value is -1.10. The lowest BCUT2D eigenvalue weighted by Crippen LogP contribution is -2.43. The molecule has 13 heavy (non-hydrogen) atoms. The third-order valence-electron chi connectivity index (χ3n) is 2.05. The monoisotopic (exact) mass is 185 g/mol. The Morgan fingerprint density at radius 1 is 1.31 bits per heavy atom. The van der Waals surface area contributed by atoms with Gasteiger partial charge in [-0.3, -0.25) is 9.59 Å². The number of nitrogens with zero attached hydrogens (tertiary/aromatic N) is 1. The lowest BCUT2D eigenvalue weighted by atomic mass is 10.3. The second-order valence-corrected chi connectivity index (χ2v) is 2.97. The molecule has 0 aromatic rings. The van der Waals surface area contributed by atoms with Gasteiger partial charge in [-0.05, 0) is 13.0 Å². The average molecular weight is 185 g/mol. The molecule has 0 aromatic heterocycles. The molecule has 1 rings (SSSR count). The largest absolute Gasteiger partial charge is 0.351 e. The molecule has 1 fully saturated rings. The molecule has 2 N–H and O–H groups in total. The van der Waals surface area contributed by atoms with Crippen LogP contribution < -0.4 is 10.6 Å². The van der Waals surface area contributed by atoms with Crippen molar-refractivity contribution >= 4 is 11.8 Å². The molecule has 0 bridgehead atoms. The van der Waals surface area contributed by atoms with E-state index in [0.717, 1.165) is 19.5 Å². The Labute approximate surface area is 77.5 Å². The van der Waals surface area contributed by atoms with Gasteiger partial charge in [0.25, 0.3) is 0 Å². The van der Waals surface area contributed by atoms with Gasteiger partial charge in [0.15, 0.2) is 0 Å². The summed E-state index contributed by atoms with van der Waals surface area (Å²) in [5.74, 6) is -0.951. The highest BCUT2D eigenvalue weighted by atomic mass is 16.2. The molecule has 0 aromatic carbocycles. The zero-order chi connectivity index (χ0) is 9.68. The van der Waals surface area contributed by atoms with Crippen LogP contribution in [0.15, 0.2) is 0 Å². The molecule has 0 unspecified atom stereocenters. The van der Waals surface area contributed by atoms with Gasteiger partial charge in [-0.15, -0.1) is 0 Å². The van der Waals surface area contributed by atoms with Crippen molar-refractivity contribution in [2.24, 2.45) is 0 Å². The van der Waals surface area contributed by atoms with Crippen molar-refractivity contribution < 1.29 is 9.59 Å². The maximum Gasteiger partial charge on any atom is 0.311 e. The zero-order valence-corrected chi connectivity index (χ0v) is 7.80. The van der Waals surface area contributed by atoms with Gasteiger partial charge in [0, 0.05) is 26.7 Å². The van der Waals surface area contributed by atoms with Gasteiger partial charge in [0.1, 0.15) is 0 Å². The number of carbonyl (C=O) groups is 2. The summed E-state index contributed by atoms with van der Waals surface area (Å²) in [6.07, 6.45) is 0.905. The smallest absolute Gasteiger partial charge is 0.311 e. The molecule has 0 atom stereocenters. The highest BCUT2D eigenvalue weighted by Gasteiger charge is 2.20. The van der Waals surface area contributed by atoms with Gasteiger partial charge >= 0.3 is 11.8 Å². The topological polar surface area (TPSA) is 61.4 Å². The van der Waals surface area contributed by atoms with Gasteiger partial charge in [0.05, 0.1) is 0 Å². The summed E-state index contributed by atoms with van der Waals surface area (Å²) in [6, 6.07) is 0. The Balaban J connectivity index is 2.48. The summed E-state index contributed by atoms with van der Waals surface area (Å²) < 4.78 is 0. The fourth-order valence-corrected chi connectivity index (χ4v) is 1.30. The van der Waals surface area contributed by atoms with E-state index >= 15 is 0 Å². The summed E-state index contributed by atoms with van der Waals surface area (Å²) in [4.78, 5) is 24.0. The van der Waals surface area contributed by atoms with E-state index in [4.69, 9.17) is 0 Å². The highest BCUT2D eigenvalue weighted by molar-refractivity contribution is 6.34. The standard InChI is InChI=1S/C8H15N3O2/c1-9-7(12)8(13)11-5-2-3-10-4-6-11/h10H,2-6H2,1H3,(H,9,12). The third-order valence-corrected chi connectivity index (χ3v) is 2.05. The normalized spacial score (nSPS) is 17.8. The zero-order valence-electron chi connectivity index (χ0n) is 7.80. The van der Waals surface area contributed by atoms with Gasteiger partial charge < -0.3 is 15.5 Å². The van der Waals surface area contributed by atoms with Crippen LogP contribution in [0, 0.1) is 0 Å². The van der Waals surface area contributed by atoms with E-state index in [1.165, 1.54) is 7.05 Å². The molecule has 1 heterocycles. The van der Waals surface area contributed by atoms with E-state index in [9.17, 15) is 9.59 Å². The van der Waals surface area contributed by atoms with E-state index in [1.54, 1.807) is 4.90 Å². The first-order chi connectivity index (χ1) is 6.25. The summed E-state index contributed by atoms with van der Waals surface area (Å²) >= 11 is 0. The minimum Gasteiger partial charge on any atom is -0.351 e. The SMILES string of the molecule is CNC(=O)C(=O)N1CCCNCC1. The fraction of sp³-hybridized carbons (Fsp3) is 0.750. The van der Waals surface area contributed by atoms with Crippen LogP contribution in [0.5, 0.6) is 0 Å². The molecule has 0 saturated carbocycles. The number of rotatable bonds is 0. The van der Waals surface area contributed by atoms with E-state index in [2.05, 4.69) is 10.6 Å². The summed E-state index contributed by atoms with van der Waals surface area (Å²) in [6.45, 7) is 2.96. The van der Waals surface area contributed by atoms with Crippen molar-refractivity contribution in [1.82, 2.24) is 15.5 Å². The number of nitrogens with one attached hydrogen (secondary N) is 2. The molecule has 74 valence electrons. The van der Waals surface area contributed by atoms with Crippen LogP contribution in [0.25, 0.3) is 0 Å². The lowest BCUT2D eigenvalue weighted by molar-refractivity contribution is -0.145. The molecule has 2 amide bonds. The summed E-state index contributed by atoms with van der Waals surface area (Å²) in [7, 11) is 1.47. The Bertz CT molecular complexity index is 198.